The Hall–Kier alpha value is -1.13. The Kier molecular flexibility index (Phi) is 5.38. The van der Waals surface area contributed by atoms with Gasteiger partial charge < -0.3 is 15.2 Å². The zero-order valence-electron chi connectivity index (χ0n) is 10.5. The third-order valence-corrected chi connectivity index (χ3v) is 2.77. The van der Waals surface area contributed by atoms with Gasteiger partial charge in [-0.05, 0) is 25.5 Å². The van der Waals surface area contributed by atoms with E-state index in [1.807, 2.05) is 32.0 Å². The molecule has 1 rings (SSSR count). The topological polar surface area (TPSA) is 44.5 Å². The van der Waals surface area contributed by atoms with Gasteiger partial charge in [0.05, 0.1) is 6.10 Å². The molecule has 0 aromatic heterocycles. The minimum atomic E-state index is 0.107. The van der Waals surface area contributed by atoms with E-state index in [9.17, 15) is 0 Å². The smallest absolute Gasteiger partial charge is 0.123 e. The Labute approximate surface area is 108 Å². The number of hydrogen-bond donors (Lipinski definition) is 1. The molecule has 0 aliphatic carbocycles. The van der Waals surface area contributed by atoms with Crippen LogP contribution in [0.4, 0.5) is 0 Å². The van der Waals surface area contributed by atoms with Crippen molar-refractivity contribution in [2.45, 2.75) is 26.4 Å². The van der Waals surface area contributed by atoms with Crippen LogP contribution in [-0.2, 0) is 4.74 Å². The maximum Gasteiger partial charge on any atom is 0.123 e. The molecule has 1 aromatic carbocycles. The fourth-order valence-corrected chi connectivity index (χ4v) is 1.57. The lowest BCUT2D eigenvalue weighted by Gasteiger charge is -2.16. The Morgan fingerprint density at radius 1 is 1.47 bits per heavy atom. The summed E-state index contributed by atoms with van der Waals surface area (Å²) in [5.41, 5.74) is 7.51. The van der Waals surface area contributed by atoms with Crippen LogP contribution in [0.2, 0.25) is 0 Å². The van der Waals surface area contributed by atoms with E-state index in [4.69, 9.17) is 27.4 Å². The number of hydrogen-bond acceptors (Lipinski definition) is 3. The van der Waals surface area contributed by atoms with Crippen molar-refractivity contribution in [1.29, 1.82) is 0 Å². The predicted molar refractivity (Wildman–Crippen MR) is 73.6 cm³/mol. The lowest BCUT2D eigenvalue weighted by Crippen LogP contribution is -2.16. The van der Waals surface area contributed by atoms with Crippen LogP contribution in [-0.4, -0.2) is 24.8 Å². The van der Waals surface area contributed by atoms with Crippen LogP contribution >= 0.6 is 12.2 Å². The molecule has 1 unspecified atom stereocenters. The maximum atomic E-state index is 5.84. The van der Waals surface area contributed by atoms with Crippen LogP contribution in [0, 0.1) is 6.92 Å². The van der Waals surface area contributed by atoms with E-state index in [2.05, 4.69) is 0 Å². The summed E-state index contributed by atoms with van der Waals surface area (Å²) in [4.78, 5) is 0.388. The summed E-state index contributed by atoms with van der Waals surface area (Å²) in [6.45, 7) is 4.71. The second-order valence-corrected chi connectivity index (χ2v) is 4.49. The number of methoxy groups -OCH3 is 1. The van der Waals surface area contributed by atoms with Crippen molar-refractivity contribution >= 4 is 17.2 Å². The largest absolute Gasteiger partial charge is 0.490 e. The monoisotopic (exact) mass is 253 g/mol. The van der Waals surface area contributed by atoms with E-state index < -0.39 is 0 Å². The van der Waals surface area contributed by atoms with Crippen LogP contribution < -0.4 is 10.5 Å². The van der Waals surface area contributed by atoms with E-state index in [1.165, 1.54) is 0 Å². The summed E-state index contributed by atoms with van der Waals surface area (Å²) in [5.74, 6) is 0.832. The van der Waals surface area contributed by atoms with Crippen LogP contribution in [0.5, 0.6) is 5.75 Å². The maximum absolute atomic E-state index is 5.84. The van der Waals surface area contributed by atoms with Gasteiger partial charge in [-0.2, -0.15) is 0 Å². The third kappa shape index (κ3) is 4.32. The van der Waals surface area contributed by atoms with Gasteiger partial charge in [-0.15, -0.1) is 0 Å². The highest BCUT2D eigenvalue weighted by atomic mass is 32.1. The quantitative estimate of drug-likeness (QED) is 0.791. The first-order chi connectivity index (χ1) is 8.04. The van der Waals surface area contributed by atoms with Gasteiger partial charge in [0.15, 0.2) is 0 Å². The average molecular weight is 253 g/mol. The number of rotatable bonds is 6. The highest BCUT2D eigenvalue weighted by Gasteiger charge is 2.08. The van der Waals surface area contributed by atoms with Gasteiger partial charge in [-0.1, -0.05) is 24.4 Å². The van der Waals surface area contributed by atoms with Gasteiger partial charge in [-0.3, -0.25) is 0 Å². The van der Waals surface area contributed by atoms with Crippen molar-refractivity contribution in [2.75, 3.05) is 13.7 Å². The van der Waals surface area contributed by atoms with Gasteiger partial charge in [0.2, 0.25) is 0 Å². The minimum absolute atomic E-state index is 0.107. The normalized spacial score (nSPS) is 12.2. The molecule has 0 radical (unpaired) electrons. The van der Waals surface area contributed by atoms with E-state index in [-0.39, 0.29) is 6.10 Å². The Balaban J connectivity index is 2.75. The summed E-state index contributed by atoms with van der Waals surface area (Å²) in [5, 5.41) is 0. The summed E-state index contributed by atoms with van der Waals surface area (Å²) in [6.07, 6.45) is 0.961. The van der Waals surface area contributed by atoms with Gasteiger partial charge in [0, 0.05) is 25.7 Å². The molecule has 0 amide bonds. The molecule has 0 aliphatic rings. The molecule has 2 N–H and O–H groups in total. The van der Waals surface area contributed by atoms with Gasteiger partial charge >= 0.3 is 0 Å². The lowest BCUT2D eigenvalue weighted by atomic mass is 10.1. The molecule has 3 nitrogen and oxygen atoms in total. The highest BCUT2D eigenvalue weighted by molar-refractivity contribution is 7.80. The summed E-state index contributed by atoms with van der Waals surface area (Å²) >= 11 is 4.95. The molecular weight excluding hydrogens is 234 g/mol. The molecule has 1 aromatic rings. The van der Waals surface area contributed by atoms with Crippen molar-refractivity contribution in [3.05, 3.63) is 29.3 Å². The number of thiocarbonyl (C=S) groups is 1. The van der Waals surface area contributed by atoms with Crippen LogP contribution in [0.1, 0.15) is 24.5 Å². The number of aryl methyl sites for hydroxylation is 1. The zero-order chi connectivity index (χ0) is 12.8. The van der Waals surface area contributed by atoms with Gasteiger partial charge in [0.1, 0.15) is 10.7 Å². The van der Waals surface area contributed by atoms with Crippen molar-refractivity contribution < 1.29 is 9.47 Å². The van der Waals surface area contributed by atoms with E-state index in [0.717, 1.165) is 23.3 Å². The Bertz CT molecular complexity index is 393. The number of nitrogens with two attached hydrogens (primary N) is 1. The standard InChI is InChI=1S/C13H19NO2S/c1-9-4-5-11(13(14)17)8-12(9)16-10(2)6-7-15-3/h4-5,8,10H,6-7H2,1-3H3,(H2,14,17). The predicted octanol–water partition coefficient (Wildman–Crippen LogP) is 2.43. The average Bonchev–Trinajstić information content (AvgIpc) is 2.29. The van der Waals surface area contributed by atoms with Crippen molar-refractivity contribution in [3.8, 4) is 5.75 Å². The fraction of sp³-hybridized carbons (Fsp3) is 0.462. The SMILES string of the molecule is COCCC(C)Oc1cc(C(N)=S)ccc1C. The van der Waals surface area contributed by atoms with Crippen molar-refractivity contribution in [1.82, 2.24) is 0 Å². The Morgan fingerprint density at radius 3 is 2.76 bits per heavy atom. The summed E-state index contributed by atoms with van der Waals surface area (Å²) < 4.78 is 10.9. The molecule has 4 heteroatoms. The molecule has 17 heavy (non-hydrogen) atoms. The lowest BCUT2D eigenvalue weighted by molar-refractivity contribution is 0.135. The first kappa shape index (κ1) is 13.9. The molecule has 94 valence electrons. The molecule has 0 saturated heterocycles. The summed E-state index contributed by atoms with van der Waals surface area (Å²) in [6, 6.07) is 5.76. The Morgan fingerprint density at radius 2 is 2.18 bits per heavy atom. The van der Waals surface area contributed by atoms with Gasteiger partial charge in [0.25, 0.3) is 0 Å². The fourth-order valence-electron chi connectivity index (χ4n) is 1.44. The van der Waals surface area contributed by atoms with Crippen molar-refractivity contribution in [3.63, 3.8) is 0 Å². The molecular formula is C13H19NO2S. The first-order valence-electron chi connectivity index (χ1n) is 5.60. The minimum Gasteiger partial charge on any atom is -0.490 e. The third-order valence-electron chi connectivity index (χ3n) is 2.53. The molecule has 0 aliphatic heterocycles. The number of ether oxygens (including phenoxy) is 2. The molecule has 0 saturated carbocycles. The second-order valence-electron chi connectivity index (χ2n) is 4.05. The molecule has 1 atom stereocenters. The van der Waals surface area contributed by atoms with Gasteiger partial charge in [-0.25, -0.2) is 0 Å². The highest BCUT2D eigenvalue weighted by Crippen LogP contribution is 2.21. The molecule has 0 fully saturated rings. The molecule has 0 bridgehead atoms. The van der Waals surface area contributed by atoms with E-state index in [1.54, 1.807) is 7.11 Å². The number of benzene rings is 1. The zero-order valence-corrected chi connectivity index (χ0v) is 11.3. The first-order valence-corrected chi connectivity index (χ1v) is 6.01. The van der Waals surface area contributed by atoms with Crippen LogP contribution in [0.25, 0.3) is 0 Å². The molecule has 0 spiro atoms. The summed E-state index contributed by atoms with van der Waals surface area (Å²) in [7, 11) is 1.69. The second kappa shape index (κ2) is 6.57. The van der Waals surface area contributed by atoms with E-state index >= 15 is 0 Å². The molecule has 0 heterocycles. The van der Waals surface area contributed by atoms with Crippen LogP contribution in [0.3, 0.4) is 0 Å². The van der Waals surface area contributed by atoms with Crippen molar-refractivity contribution in [2.24, 2.45) is 5.73 Å². The van der Waals surface area contributed by atoms with E-state index in [0.29, 0.717) is 11.6 Å². The van der Waals surface area contributed by atoms with Crippen LogP contribution in [0.15, 0.2) is 18.2 Å².